The summed E-state index contributed by atoms with van der Waals surface area (Å²) in [6.45, 7) is 6.47. The number of hydrogen-bond donors (Lipinski definition) is 1. The van der Waals surface area contributed by atoms with Crippen molar-refractivity contribution in [2.24, 2.45) is 11.1 Å². The molecule has 1 nitrogen and oxygen atoms in total. The lowest BCUT2D eigenvalue weighted by Gasteiger charge is -2.35. The highest BCUT2D eigenvalue weighted by molar-refractivity contribution is 6.31. The van der Waals surface area contributed by atoms with Crippen molar-refractivity contribution in [2.45, 2.75) is 58.9 Å². The Kier molecular flexibility index (Phi) is 4.03. The minimum Gasteiger partial charge on any atom is -0.323 e. The monoisotopic (exact) mass is 265 g/mol. The van der Waals surface area contributed by atoms with Crippen molar-refractivity contribution in [3.63, 3.8) is 0 Å². The summed E-state index contributed by atoms with van der Waals surface area (Å²) in [5, 5.41) is 0.848. The second-order valence-corrected chi connectivity index (χ2v) is 6.27. The summed E-state index contributed by atoms with van der Waals surface area (Å²) < 4.78 is 0. The van der Waals surface area contributed by atoms with Crippen LogP contribution in [0.25, 0.3) is 0 Å². The fourth-order valence-electron chi connectivity index (χ4n) is 3.43. The zero-order chi connectivity index (χ0) is 13.3. The largest absolute Gasteiger partial charge is 0.323 e. The van der Waals surface area contributed by atoms with E-state index in [4.69, 9.17) is 17.3 Å². The molecule has 1 fully saturated rings. The van der Waals surface area contributed by atoms with Gasteiger partial charge in [0.1, 0.15) is 0 Å². The van der Waals surface area contributed by atoms with Gasteiger partial charge in [-0.2, -0.15) is 0 Å². The molecule has 0 spiro atoms. The predicted molar refractivity (Wildman–Crippen MR) is 79.0 cm³/mol. The summed E-state index contributed by atoms with van der Waals surface area (Å²) in [5.41, 5.74) is 10.6. The Bertz CT molecular complexity index is 433. The van der Waals surface area contributed by atoms with Crippen LogP contribution in [0, 0.1) is 19.3 Å². The highest BCUT2D eigenvalue weighted by atomic mass is 35.5. The molecule has 0 radical (unpaired) electrons. The van der Waals surface area contributed by atoms with Crippen LogP contribution in [0.5, 0.6) is 0 Å². The van der Waals surface area contributed by atoms with Crippen molar-refractivity contribution in [1.29, 1.82) is 0 Å². The zero-order valence-electron chi connectivity index (χ0n) is 11.7. The first-order valence-electron chi connectivity index (χ1n) is 7.02. The minimum absolute atomic E-state index is 0.154. The molecule has 0 aromatic heterocycles. The normalized spacial score (nSPS) is 20.1. The van der Waals surface area contributed by atoms with E-state index in [0.29, 0.717) is 5.41 Å². The lowest BCUT2D eigenvalue weighted by molar-refractivity contribution is 0.221. The highest BCUT2D eigenvalue weighted by Crippen LogP contribution is 2.49. The number of benzene rings is 1. The minimum atomic E-state index is 0.154. The Labute approximate surface area is 116 Å². The Morgan fingerprint density at radius 1 is 1.22 bits per heavy atom. The van der Waals surface area contributed by atoms with Crippen LogP contribution in [0.15, 0.2) is 12.1 Å². The number of aryl methyl sites for hydroxylation is 2. The molecule has 0 amide bonds. The first-order valence-corrected chi connectivity index (χ1v) is 7.40. The van der Waals surface area contributed by atoms with Gasteiger partial charge in [0.25, 0.3) is 0 Å². The third-order valence-electron chi connectivity index (χ3n) is 4.85. The molecular weight excluding hydrogens is 242 g/mol. The molecule has 100 valence electrons. The van der Waals surface area contributed by atoms with E-state index in [2.05, 4.69) is 32.9 Å². The highest BCUT2D eigenvalue weighted by Gasteiger charge is 2.39. The van der Waals surface area contributed by atoms with Gasteiger partial charge in [0.2, 0.25) is 0 Å². The summed E-state index contributed by atoms with van der Waals surface area (Å²) in [6.07, 6.45) is 6.37. The summed E-state index contributed by atoms with van der Waals surface area (Å²) in [6, 6.07) is 4.41. The summed E-state index contributed by atoms with van der Waals surface area (Å²) in [4.78, 5) is 0. The van der Waals surface area contributed by atoms with E-state index >= 15 is 0 Å². The average Bonchev–Trinajstić information content (AvgIpc) is 2.83. The van der Waals surface area contributed by atoms with E-state index in [1.54, 1.807) is 0 Å². The van der Waals surface area contributed by atoms with Crippen LogP contribution in [-0.4, -0.2) is 0 Å². The fourth-order valence-corrected chi connectivity index (χ4v) is 3.65. The molecule has 18 heavy (non-hydrogen) atoms. The Hall–Kier alpha value is -0.530. The second-order valence-electron chi connectivity index (χ2n) is 5.86. The van der Waals surface area contributed by atoms with Crippen LogP contribution in [-0.2, 0) is 0 Å². The molecule has 0 heterocycles. The molecule has 1 unspecified atom stereocenters. The Morgan fingerprint density at radius 2 is 1.83 bits per heavy atom. The fraction of sp³-hybridized carbons (Fsp3) is 0.625. The van der Waals surface area contributed by atoms with E-state index in [-0.39, 0.29) is 6.04 Å². The first kappa shape index (κ1) is 13.9. The summed E-state index contributed by atoms with van der Waals surface area (Å²) >= 11 is 6.18. The van der Waals surface area contributed by atoms with Gasteiger partial charge >= 0.3 is 0 Å². The molecule has 1 aromatic rings. The number of halogens is 1. The molecule has 1 aliphatic rings. The lowest BCUT2D eigenvalue weighted by atomic mass is 9.73. The van der Waals surface area contributed by atoms with Gasteiger partial charge in [-0.1, -0.05) is 37.4 Å². The molecule has 0 saturated heterocycles. The van der Waals surface area contributed by atoms with E-state index in [9.17, 15) is 0 Å². The molecule has 0 bridgehead atoms. The molecule has 1 saturated carbocycles. The van der Waals surface area contributed by atoms with E-state index in [1.807, 2.05) is 0 Å². The van der Waals surface area contributed by atoms with Crippen molar-refractivity contribution in [1.82, 2.24) is 0 Å². The second kappa shape index (κ2) is 5.22. The van der Waals surface area contributed by atoms with Gasteiger partial charge in [-0.3, -0.25) is 0 Å². The lowest BCUT2D eigenvalue weighted by Crippen LogP contribution is -2.32. The zero-order valence-corrected chi connectivity index (χ0v) is 12.5. The van der Waals surface area contributed by atoms with Crippen molar-refractivity contribution in [2.75, 3.05) is 0 Å². The number of nitrogens with two attached hydrogens (primary N) is 1. The summed E-state index contributed by atoms with van der Waals surface area (Å²) in [7, 11) is 0. The maximum Gasteiger partial charge on any atom is 0.0438 e. The third kappa shape index (κ3) is 2.31. The van der Waals surface area contributed by atoms with Gasteiger partial charge in [0, 0.05) is 11.1 Å². The average molecular weight is 266 g/mol. The maximum absolute atomic E-state index is 6.62. The van der Waals surface area contributed by atoms with Crippen molar-refractivity contribution < 1.29 is 0 Å². The van der Waals surface area contributed by atoms with Gasteiger partial charge in [-0.15, -0.1) is 0 Å². The van der Waals surface area contributed by atoms with Crippen LogP contribution in [0.2, 0.25) is 5.02 Å². The standard InChI is InChI=1S/C16H24ClN/c1-4-16(7-5-6-8-16)15(18)13-9-12(3)14(17)10-11(13)2/h9-10,15H,4-8,18H2,1-3H3. The third-order valence-corrected chi connectivity index (χ3v) is 5.25. The van der Waals surface area contributed by atoms with E-state index in [0.717, 1.165) is 10.6 Å². The molecule has 0 aliphatic heterocycles. The Balaban J connectivity index is 2.39. The van der Waals surface area contributed by atoms with Crippen LogP contribution in [0.1, 0.15) is 61.8 Å². The molecule has 2 rings (SSSR count). The van der Waals surface area contributed by atoms with Crippen LogP contribution < -0.4 is 5.73 Å². The maximum atomic E-state index is 6.62. The van der Waals surface area contributed by atoms with Crippen LogP contribution in [0.4, 0.5) is 0 Å². The van der Waals surface area contributed by atoms with Gasteiger partial charge in [0.05, 0.1) is 0 Å². The van der Waals surface area contributed by atoms with E-state index < -0.39 is 0 Å². The SMILES string of the molecule is CCC1(C(N)c2cc(C)c(Cl)cc2C)CCCC1. The van der Waals surface area contributed by atoms with E-state index in [1.165, 1.54) is 43.2 Å². The smallest absolute Gasteiger partial charge is 0.0438 e. The van der Waals surface area contributed by atoms with Crippen LogP contribution in [0.3, 0.4) is 0 Å². The topological polar surface area (TPSA) is 26.0 Å². The predicted octanol–water partition coefficient (Wildman–Crippen LogP) is 4.93. The molecule has 1 aliphatic carbocycles. The Morgan fingerprint density at radius 3 is 2.39 bits per heavy atom. The first-order chi connectivity index (χ1) is 8.50. The number of hydrogen-bond acceptors (Lipinski definition) is 1. The quantitative estimate of drug-likeness (QED) is 0.824. The van der Waals surface area contributed by atoms with Crippen molar-refractivity contribution >= 4 is 11.6 Å². The molecule has 1 atom stereocenters. The van der Waals surface area contributed by atoms with Gasteiger partial charge in [-0.25, -0.2) is 0 Å². The van der Waals surface area contributed by atoms with Crippen molar-refractivity contribution in [3.05, 3.63) is 33.8 Å². The van der Waals surface area contributed by atoms with Gasteiger partial charge in [-0.05, 0) is 61.3 Å². The molecule has 2 heteroatoms. The molecular formula is C16H24ClN. The number of rotatable bonds is 3. The molecule has 2 N–H and O–H groups in total. The molecule has 1 aromatic carbocycles. The van der Waals surface area contributed by atoms with Crippen molar-refractivity contribution in [3.8, 4) is 0 Å². The summed E-state index contributed by atoms with van der Waals surface area (Å²) in [5.74, 6) is 0. The van der Waals surface area contributed by atoms with Crippen LogP contribution >= 0.6 is 11.6 Å². The van der Waals surface area contributed by atoms with Gasteiger partial charge < -0.3 is 5.73 Å². The van der Waals surface area contributed by atoms with Gasteiger partial charge in [0.15, 0.2) is 0 Å².